The quantitative estimate of drug-likeness (QED) is 0.813. The molecule has 1 amide bonds. The van der Waals surface area contributed by atoms with Gasteiger partial charge in [-0.15, -0.1) is 0 Å². The molecule has 0 fully saturated rings. The van der Waals surface area contributed by atoms with Crippen LogP contribution in [0.1, 0.15) is 16.1 Å². The zero-order chi connectivity index (χ0) is 14.7. The SMILES string of the molecule is NC(=S)c1cc(Br)ccc1NC(=O)c1ccc(Cl)cn1. The fourth-order valence-corrected chi connectivity index (χ4v) is 2.17. The van der Waals surface area contributed by atoms with Gasteiger partial charge in [0, 0.05) is 16.2 Å². The molecule has 0 aliphatic rings. The number of nitrogens with two attached hydrogens (primary N) is 1. The Balaban J connectivity index is 2.28. The Kier molecular flexibility index (Phi) is 4.69. The van der Waals surface area contributed by atoms with E-state index in [4.69, 9.17) is 29.6 Å². The number of pyridine rings is 1. The maximum atomic E-state index is 12.1. The van der Waals surface area contributed by atoms with Crippen LogP contribution in [0.25, 0.3) is 0 Å². The number of benzene rings is 1. The first-order valence-corrected chi connectivity index (χ1v) is 7.07. The fourth-order valence-electron chi connectivity index (χ4n) is 1.53. The number of amides is 1. The Morgan fingerprint density at radius 2 is 2.10 bits per heavy atom. The van der Waals surface area contributed by atoms with Crippen LogP contribution in [0.4, 0.5) is 5.69 Å². The van der Waals surface area contributed by atoms with Crippen molar-refractivity contribution in [2.45, 2.75) is 0 Å². The van der Waals surface area contributed by atoms with Crippen molar-refractivity contribution in [2.75, 3.05) is 5.32 Å². The van der Waals surface area contributed by atoms with E-state index >= 15 is 0 Å². The second-order valence-electron chi connectivity index (χ2n) is 3.87. The molecule has 2 rings (SSSR count). The summed E-state index contributed by atoms with van der Waals surface area (Å²) in [5.41, 5.74) is 7.01. The van der Waals surface area contributed by atoms with Gasteiger partial charge >= 0.3 is 0 Å². The zero-order valence-corrected chi connectivity index (χ0v) is 13.2. The summed E-state index contributed by atoms with van der Waals surface area (Å²) in [5.74, 6) is -0.360. The molecule has 20 heavy (non-hydrogen) atoms. The van der Waals surface area contributed by atoms with Crippen LogP contribution in [0, 0.1) is 0 Å². The number of anilines is 1. The largest absolute Gasteiger partial charge is 0.389 e. The summed E-state index contributed by atoms with van der Waals surface area (Å²) in [6.07, 6.45) is 1.41. The van der Waals surface area contributed by atoms with Crippen LogP contribution in [-0.4, -0.2) is 15.9 Å². The molecular formula is C13H9BrClN3OS. The first-order valence-electron chi connectivity index (χ1n) is 5.49. The van der Waals surface area contributed by atoms with E-state index in [1.165, 1.54) is 12.3 Å². The van der Waals surface area contributed by atoms with Gasteiger partial charge in [-0.25, -0.2) is 4.98 Å². The van der Waals surface area contributed by atoms with Crippen LogP contribution in [-0.2, 0) is 0 Å². The highest BCUT2D eigenvalue weighted by atomic mass is 79.9. The van der Waals surface area contributed by atoms with Gasteiger partial charge in [-0.2, -0.15) is 0 Å². The fraction of sp³-hybridized carbons (Fsp3) is 0. The maximum absolute atomic E-state index is 12.1. The Bertz CT molecular complexity index is 676. The molecule has 0 saturated carbocycles. The molecule has 0 aliphatic heterocycles. The lowest BCUT2D eigenvalue weighted by Gasteiger charge is -2.10. The molecule has 0 saturated heterocycles. The van der Waals surface area contributed by atoms with Gasteiger partial charge in [0.15, 0.2) is 0 Å². The van der Waals surface area contributed by atoms with Gasteiger partial charge in [0.2, 0.25) is 0 Å². The summed E-state index contributed by atoms with van der Waals surface area (Å²) in [7, 11) is 0. The lowest BCUT2D eigenvalue weighted by molar-refractivity contribution is 0.102. The number of carbonyl (C=O) groups is 1. The van der Waals surface area contributed by atoms with Crippen LogP contribution in [0.2, 0.25) is 5.02 Å². The summed E-state index contributed by atoms with van der Waals surface area (Å²) in [5, 5.41) is 3.19. The van der Waals surface area contributed by atoms with E-state index in [0.29, 0.717) is 16.3 Å². The van der Waals surface area contributed by atoms with Gasteiger partial charge in [-0.3, -0.25) is 4.79 Å². The first-order chi connectivity index (χ1) is 9.47. The normalized spacial score (nSPS) is 10.1. The van der Waals surface area contributed by atoms with E-state index in [-0.39, 0.29) is 16.6 Å². The van der Waals surface area contributed by atoms with E-state index in [1.807, 2.05) is 0 Å². The Morgan fingerprint density at radius 1 is 1.35 bits per heavy atom. The number of halogens is 2. The second kappa shape index (κ2) is 6.30. The summed E-state index contributed by atoms with van der Waals surface area (Å²) < 4.78 is 0.822. The molecule has 0 radical (unpaired) electrons. The van der Waals surface area contributed by atoms with Gasteiger partial charge in [0.05, 0.1) is 10.7 Å². The molecule has 7 heteroatoms. The second-order valence-corrected chi connectivity index (χ2v) is 5.66. The van der Waals surface area contributed by atoms with Crippen LogP contribution in [0.15, 0.2) is 41.0 Å². The van der Waals surface area contributed by atoms with Gasteiger partial charge in [0.25, 0.3) is 5.91 Å². The minimum Gasteiger partial charge on any atom is -0.389 e. The van der Waals surface area contributed by atoms with Crippen molar-refractivity contribution in [3.63, 3.8) is 0 Å². The van der Waals surface area contributed by atoms with Crippen molar-refractivity contribution in [1.29, 1.82) is 0 Å². The van der Waals surface area contributed by atoms with Gasteiger partial charge < -0.3 is 11.1 Å². The molecule has 1 heterocycles. The zero-order valence-electron chi connectivity index (χ0n) is 10.1. The highest BCUT2D eigenvalue weighted by molar-refractivity contribution is 9.10. The molecule has 0 spiro atoms. The number of nitrogens with one attached hydrogen (secondary N) is 1. The molecular weight excluding hydrogens is 362 g/mol. The highest BCUT2D eigenvalue weighted by Gasteiger charge is 2.12. The molecule has 3 N–H and O–H groups in total. The van der Waals surface area contributed by atoms with Crippen LogP contribution < -0.4 is 11.1 Å². The molecule has 102 valence electrons. The van der Waals surface area contributed by atoms with E-state index in [2.05, 4.69) is 26.2 Å². The number of hydrogen-bond acceptors (Lipinski definition) is 3. The number of carbonyl (C=O) groups excluding carboxylic acids is 1. The number of hydrogen-bond donors (Lipinski definition) is 2. The van der Waals surface area contributed by atoms with Crippen molar-refractivity contribution in [3.05, 3.63) is 57.3 Å². The summed E-state index contributed by atoms with van der Waals surface area (Å²) in [6, 6.07) is 8.38. The number of nitrogens with zero attached hydrogens (tertiary/aromatic N) is 1. The molecule has 1 aromatic heterocycles. The minimum absolute atomic E-state index is 0.200. The molecule has 2 aromatic rings. The third-order valence-electron chi connectivity index (χ3n) is 2.46. The highest BCUT2D eigenvalue weighted by Crippen LogP contribution is 2.21. The number of rotatable bonds is 3. The summed E-state index contributed by atoms with van der Waals surface area (Å²) in [6.45, 7) is 0. The summed E-state index contributed by atoms with van der Waals surface area (Å²) >= 11 is 14.0. The smallest absolute Gasteiger partial charge is 0.274 e. The molecule has 0 bridgehead atoms. The molecule has 0 unspecified atom stereocenters. The predicted octanol–water partition coefficient (Wildman–Crippen LogP) is 3.38. The van der Waals surface area contributed by atoms with Crippen molar-refractivity contribution in [1.82, 2.24) is 4.98 Å². The molecule has 4 nitrogen and oxygen atoms in total. The minimum atomic E-state index is -0.360. The monoisotopic (exact) mass is 369 g/mol. The third kappa shape index (κ3) is 3.53. The molecule has 1 aromatic carbocycles. The first kappa shape index (κ1) is 14.9. The standard InChI is InChI=1S/C13H9BrClN3OS/c14-7-1-3-10(9(5-7)12(16)20)18-13(19)11-4-2-8(15)6-17-11/h1-6H,(H2,16,20)(H,18,19). The van der Waals surface area contributed by atoms with Gasteiger partial charge in [0.1, 0.15) is 10.7 Å². The van der Waals surface area contributed by atoms with Crippen LogP contribution >= 0.6 is 39.7 Å². The number of aromatic nitrogens is 1. The molecule has 0 atom stereocenters. The van der Waals surface area contributed by atoms with Crippen molar-refractivity contribution in [3.8, 4) is 0 Å². The topological polar surface area (TPSA) is 68.0 Å². The van der Waals surface area contributed by atoms with Crippen LogP contribution in [0.3, 0.4) is 0 Å². The van der Waals surface area contributed by atoms with Gasteiger partial charge in [-0.05, 0) is 30.3 Å². The van der Waals surface area contributed by atoms with E-state index in [1.54, 1.807) is 24.3 Å². The van der Waals surface area contributed by atoms with E-state index in [9.17, 15) is 4.79 Å². The average molecular weight is 371 g/mol. The summed E-state index contributed by atoms with van der Waals surface area (Å²) in [4.78, 5) is 16.2. The Hall–Kier alpha value is -1.50. The molecule has 0 aliphatic carbocycles. The van der Waals surface area contributed by atoms with E-state index < -0.39 is 0 Å². The Morgan fingerprint density at radius 3 is 2.70 bits per heavy atom. The lowest BCUT2D eigenvalue weighted by atomic mass is 10.1. The number of thiocarbonyl (C=S) groups is 1. The lowest BCUT2D eigenvalue weighted by Crippen LogP contribution is -2.18. The van der Waals surface area contributed by atoms with Gasteiger partial charge in [-0.1, -0.05) is 39.7 Å². The van der Waals surface area contributed by atoms with E-state index in [0.717, 1.165) is 4.47 Å². The maximum Gasteiger partial charge on any atom is 0.274 e. The van der Waals surface area contributed by atoms with Crippen molar-refractivity contribution in [2.24, 2.45) is 5.73 Å². The Labute approximate surface area is 134 Å². The van der Waals surface area contributed by atoms with Crippen molar-refractivity contribution >= 4 is 56.3 Å². The predicted molar refractivity (Wildman–Crippen MR) is 87.2 cm³/mol. The average Bonchev–Trinajstić information content (AvgIpc) is 2.41. The third-order valence-corrected chi connectivity index (χ3v) is 3.39. The van der Waals surface area contributed by atoms with Crippen LogP contribution in [0.5, 0.6) is 0 Å². The van der Waals surface area contributed by atoms with Crippen molar-refractivity contribution < 1.29 is 4.79 Å².